The third kappa shape index (κ3) is 4.35. The number of thioether (sulfide) groups is 1. The van der Waals surface area contributed by atoms with Crippen molar-refractivity contribution in [3.63, 3.8) is 0 Å². The van der Waals surface area contributed by atoms with Crippen molar-refractivity contribution in [3.05, 3.63) is 60.2 Å². The third-order valence-electron chi connectivity index (χ3n) is 2.55. The molecule has 0 aromatic heterocycles. The zero-order chi connectivity index (χ0) is 14.4. The largest absolute Gasteiger partial charge is 0.324 e. The van der Waals surface area contributed by atoms with Gasteiger partial charge >= 0.3 is 0 Å². The van der Waals surface area contributed by atoms with Crippen LogP contribution in [0.1, 0.15) is 6.42 Å². The Hall–Kier alpha value is -1.88. The first-order valence-electron chi connectivity index (χ1n) is 6.08. The van der Waals surface area contributed by atoms with Crippen LogP contribution in [0.2, 0.25) is 0 Å². The highest BCUT2D eigenvalue weighted by Crippen LogP contribution is 2.19. The van der Waals surface area contributed by atoms with Gasteiger partial charge in [0.1, 0.15) is 11.6 Å². The zero-order valence-electron chi connectivity index (χ0n) is 10.6. The van der Waals surface area contributed by atoms with Crippen LogP contribution in [0.4, 0.5) is 14.5 Å². The van der Waals surface area contributed by atoms with Gasteiger partial charge in [-0.3, -0.25) is 4.79 Å². The molecule has 1 amide bonds. The van der Waals surface area contributed by atoms with E-state index in [2.05, 4.69) is 5.32 Å². The molecule has 104 valence electrons. The number of hydrogen-bond donors (Lipinski definition) is 1. The topological polar surface area (TPSA) is 29.1 Å². The first kappa shape index (κ1) is 14.5. The highest BCUT2D eigenvalue weighted by atomic mass is 32.2. The van der Waals surface area contributed by atoms with Crippen LogP contribution in [0, 0.1) is 11.6 Å². The molecule has 0 fully saturated rings. The number of hydrogen-bond acceptors (Lipinski definition) is 2. The van der Waals surface area contributed by atoms with Crippen molar-refractivity contribution in [1.82, 2.24) is 0 Å². The molecule has 2 aromatic carbocycles. The Bertz CT molecular complexity index is 590. The van der Waals surface area contributed by atoms with E-state index in [-0.39, 0.29) is 18.0 Å². The Morgan fingerprint density at radius 2 is 1.85 bits per heavy atom. The summed E-state index contributed by atoms with van der Waals surface area (Å²) in [5.41, 5.74) is 0.00103. The fraction of sp³-hybridized carbons (Fsp3) is 0.133. The quantitative estimate of drug-likeness (QED) is 0.841. The van der Waals surface area contributed by atoms with Crippen LogP contribution in [0.5, 0.6) is 0 Å². The summed E-state index contributed by atoms with van der Waals surface area (Å²) in [5, 5.41) is 2.43. The number of anilines is 1. The average Bonchev–Trinajstić information content (AvgIpc) is 2.43. The van der Waals surface area contributed by atoms with Gasteiger partial charge < -0.3 is 5.32 Å². The van der Waals surface area contributed by atoms with Gasteiger partial charge in [0.05, 0.1) is 5.69 Å². The van der Waals surface area contributed by atoms with Crippen LogP contribution in [0.3, 0.4) is 0 Å². The maximum Gasteiger partial charge on any atom is 0.225 e. The van der Waals surface area contributed by atoms with E-state index >= 15 is 0 Å². The summed E-state index contributed by atoms with van der Waals surface area (Å²) in [5.74, 6) is -1.13. The Morgan fingerprint density at radius 3 is 2.55 bits per heavy atom. The molecule has 0 heterocycles. The molecule has 0 saturated carbocycles. The van der Waals surface area contributed by atoms with Gasteiger partial charge in [-0.05, 0) is 24.3 Å². The van der Waals surface area contributed by atoms with Crippen molar-refractivity contribution in [2.75, 3.05) is 11.1 Å². The molecule has 20 heavy (non-hydrogen) atoms. The molecule has 0 radical (unpaired) electrons. The highest BCUT2D eigenvalue weighted by Gasteiger charge is 2.08. The summed E-state index contributed by atoms with van der Waals surface area (Å²) in [6.45, 7) is 0. The van der Waals surface area contributed by atoms with Crippen LogP contribution in [0.25, 0.3) is 0 Å². The molecule has 0 saturated heterocycles. The number of halogens is 2. The van der Waals surface area contributed by atoms with E-state index in [9.17, 15) is 13.6 Å². The Kier molecular flexibility index (Phi) is 5.12. The minimum atomic E-state index is -0.769. The van der Waals surface area contributed by atoms with Gasteiger partial charge in [-0.15, -0.1) is 11.8 Å². The van der Waals surface area contributed by atoms with E-state index in [4.69, 9.17) is 0 Å². The number of benzene rings is 2. The average molecular weight is 293 g/mol. The zero-order valence-corrected chi connectivity index (χ0v) is 11.4. The molecule has 0 aliphatic heterocycles. The smallest absolute Gasteiger partial charge is 0.225 e. The molecular weight excluding hydrogens is 280 g/mol. The molecule has 0 unspecified atom stereocenters. The molecule has 2 nitrogen and oxygen atoms in total. The molecule has 2 rings (SSSR count). The number of carbonyl (C=O) groups excluding carboxylic acids is 1. The highest BCUT2D eigenvalue weighted by molar-refractivity contribution is 7.99. The lowest BCUT2D eigenvalue weighted by Crippen LogP contribution is -2.13. The summed E-state index contributed by atoms with van der Waals surface area (Å²) in [4.78, 5) is 12.7. The fourth-order valence-electron chi connectivity index (χ4n) is 1.58. The lowest BCUT2D eigenvalue weighted by molar-refractivity contribution is -0.115. The fourth-order valence-corrected chi connectivity index (χ4v) is 2.45. The molecule has 0 aliphatic carbocycles. The normalized spacial score (nSPS) is 10.3. The SMILES string of the molecule is O=C(CCSc1ccccc1)Nc1ccc(F)cc1F. The standard InChI is InChI=1S/C15H13F2NOS/c16-11-6-7-14(13(17)10-11)18-15(19)8-9-20-12-4-2-1-3-5-12/h1-7,10H,8-9H2,(H,18,19). The molecular formula is C15H13F2NOS. The van der Waals surface area contributed by atoms with E-state index < -0.39 is 11.6 Å². The van der Waals surface area contributed by atoms with E-state index in [0.29, 0.717) is 5.75 Å². The van der Waals surface area contributed by atoms with Crippen LogP contribution >= 0.6 is 11.8 Å². The summed E-state index contributed by atoms with van der Waals surface area (Å²) in [6.07, 6.45) is 0.260. The predicted molar refractivity (Wildman–Crippen MR) is 76.8 cm³/mol. The molecule has 0 atom stereocenters. The summed E-state index contributed by atoms with van der Waals surface area (Å²) in [7, 11) is 0. The second kappa shape index (κ2) is 7.05. The van der Waals surface area contributed by atoms with E-state index in [1.807, 2.05) is 30.3 Å². The van der Waals surface area contributed by atoms with Gasteiger partial charge in [-0.1, -0.05) is 18.2 Å². The van der Waals surface area contributed by atoms with Crippen molar-refractivity contribution in [2.45, 2.75) is 11.3 Å². The lowest BCUT2D eigenvalue weighted by atomic mass is 10.3. The monoisotopic (exact) mass is 293 g/mol. The Labute approximate surface area is 120 Å². The van der Waals surface area contributed by atoms with Crippen molar-refractivity contribution < 1.29 is 13.6 Å². The van der Waals surface area contributed by atoms with Gasteiger partial charge in [0.2, 0.25) is 5.91 Å². The maximum atomic E-state index is 13.3. The van der Waals surface area contributed by atoms with Crippen molar-refractivity contribution >= 4 is 23.4 Å². The molecule has 0 bridgehead atoms. The summed E-state index contributed by atoms with van der Waals surface area (Å²) >= 11 is 1.55. The van der Waals surface area contributed by atoms with Crippen LogP contribution in [-0.2, 0) is 4.79 Å². The van der Waals surface area contributed by atoms with Gasteiger partial charge in [-0.25, -0.2) is 8.78 Å². The van der Waals surface area contributed by atoms with Crippen LogP contribution < -0.4 is 5.32 Å². The van der Waals surface area contributed by atoms with Crippen molar-refractivity contribution in [2.24, 2.45) is 0 Å². The molecule has 0 aliphatic rings. The van der Waals surface area contributed by atoms with Gasteiger partial charge in [0, 0.05) is 23.1 Å². The minimum Gasteiger partial charge on any atom is -0.324 e. The Morgan fingerprint density at radius 1 is 1.10 bits per heavy atom. The summed E-state index contributed by atoms with van der Waals surface area (Å²) in [6, 6.07) is 12.8. The maximum absolute atomic E-state index is 13.3. The van der Waals surface area contributed by atoms with Gasteiger partial charge in [0.25, 0.3) is 0 Å². The Balaban J connectivity index is 1.81. The van der Waals surface area contributed by atoms with Gasteiger partial charge in [-0.2, -0.15) is 0 Å². The van der Waals surface area contributed by atoms with E-state index in [0.717, 1.165) is 17.0 Å². The number of rotatable bonds is 5. The minimum absolute atomic E-state index is 0.00103. The first-order valence-corrected chi connectivity index (χ1v) is 7.06. The molecule has 5 heteroatoms. The molecule has 0 spiro atoms. The number of amides is 1. The second-order valence-electron chi connectivity index (χ2n) is 4.08. The van der Waals surface area contributed by atoms with E-state index in [1.54, 1.807) is 11.8 Å². The second-order valence-corrected chi connectivity index (χ2v) is 5.25. The number of nitrogens with one attached hydrogen (secondary N) is 1. The lowest BCUT2D eigenvalue weighted by Gasteiger charge is -2.06. The predicted octanol–water partition coefficient (Wildman–Crippen LogP) is 4.09. The van der Waals surface area contributed by atoms with Crippen LogP contribution in [-0.4, -0.2) is 11.7 Å². The van der Waals surface area contributed by atoms with Crippen LogP contribution in [0.15, 0.2) is 53.4 Å². The third-order valence-corrected chi connectivity index (χ3v) is 3.56. The van der Waals surface area contributed by atoms with Crippen molar-refractivity contribution in [3.8, 4) is 0 Å². The molecule has 2 aromatic rings. The number of carbonyl (C=O) groups is 1. The van der Waals surface area contributed by atoms with Gasteiger partial charge in [0.15, 0.2) is 0 Å². The van der Waals surface area contributed by atoms with Crippen molar-refractivity contribution in [1.29, 1.82) is 0 Å². The van der Waals surface area contributed by atoms with E-state index in [1.165, 1.54) is 6.07 Å². The first-order chi connectivity index (χ1) is 9.65. The summed E-state index contributed by atoms with van der Waals surface area (Å²) < 4.78 is 26.1. The molecule has 1 N–H and O–H groups in total.